The number of aromatic nitrogens is 3. The number of rotatable bonds is 4. The Balaban J connectivity index is 1.59. The Morgan fingerprint density at radius 2 is 2.09 bits per heavy atom. The van der Waals surface area contributed by atoms with Gasteiger partial charge in [0.2, 0.25) is 0 Å². The molecule has 0 aromatic carbocycles. The highest BCUT2D eigenvalue weighted by Gasteiger charge is 2.23. The van der Waals surface area contributed by atoms with Crippen LogP contribution in [-0.4, -0.2) is 52.7 Å². The van der Waals surface area contributed by atoms with Gasteiger partial charge < -0.3 is 14.8 Å². The summed E-state index contributed by atoms with van der Waals surface area (Å²) in [6.07, 6.45) is 6.82. The summed E-state index contributed by atoms with van der Waals surface area (Å²) in [7, 11) is 2.23. The fourth-order valence-electron chi connectivity index (χ4n) is 4.00. The van der Waals surface area contributed by atoms with Gasteiger partial charge in [-0.15, -0.1) is 0 Å². The van der Waals surface area contributed by atoms with Crippen LogP contribution >= 0.6 is 0 Å². The number of hydrogen-bond acceptors (Lipinski definition) is 4. The fraction of sp³-hybridized carbons (Fsp3) is 0.667. The third-order valence-corrected chi connectivity index (χ3v) is 5.50. The van der Waals surface area contributed by atoms with Crippen molar-refractivity contribution >= 4 is 11.2 Å². The van der Waals surface area contributed by atoms with E-state index in [-0.39, 0.29) is 0 Å². The number of piperidine rings is 1. The van der Waals surface area contributed by atoms with E-state index in [1.165, 1.54) is 38.2 Å². The lowest BCUT2D eigenvalue weighted by Crippen LogP contribution is -2.32. The van der Waals surface area contributed by atoms with Crippen molar-refractivity contribution in [3.8, 4) is 0 Å². The van der Waals surface area contributed by atoms with Crippen LogP contribution in [0, 0.1) is 11.8 Å². The van der Waals surface area contributed by atoms with Crippen LogP contribution in [0.1, 0.15) is 25.1 Å². The number of nitrogens with zero attached hydrogens (tertiary/aromatic N) is 4. The summed E-state index contributed by atoms with van der Waals surface area (Å²) < 4.78 is 2.42. The maximum atomic E-state index is 4.92. The normalized spacial score (nSPS) is 23.8. The molecule has 1 unspecified atom stereocenters. The highest BCUT2D eigenvalue weighted by molar-refractivity contribution is 5.71. The zero-order valence-corrected chi connectivity index (χ0v) is 14.0. The lowest BCUT2D eigenvalue weighted by molar-refractivity contribution is 0.205. The third kappa shape index (κ3) is 3.26. The Bertz CT molecular complexity index is 650. The van der Waals surface area contributed by atoms with Crippen molar-refractivity contribution in [2.75, 3.05) is 33.2 Å². The van der Waals surface area contributed by atoms with Crippen molar-refractivity contribution in [1.29, 1.82) is 0 Å². The van der Waals surface area contributed by atoms with Crippen LogP contribution in [0.5, 0.6) is 0 Å². The SMILES string of the molecule is CN1CCC(Cn2c(CC3CCNC3)nc3cccnc32)CC1. The molecule has 2 saturated heterocycles. The molecular weight excluding hydrogens is 286 g/mol. The summed E-state index contributed by atoms with van der Waals surface area (Å²) in [4.78, 5) is 12.0. The first kappa shape index (κ1) is 15.1. The first-order valence-corrected chi connectivity index (χ1v) is 8.99. The summed E-state index contributed by atoms with van der Waals surface area (Å²) in [6, 6.07) is 4.10. The van der Waals surface area contributed by atoms with Gasteiger partial charge in [0.1, 0.15) is 11.3 Å². The first-order valence-electron chi connectivity index (χ1n) is 8.99. The van der Waals surface area contributed by atoms with E-state index < -0.39 is 0 Å². The number of fused-ring (bicyclic) bond motifs is 1. The molecule has 23 heavy (non-hydrogen) atoms. The van der Waals surface area contributed by atoms with Gasteiger partial charge in [-0.05, 0) is 76.5 Å². The van der Waals surface area contributed by atoms with Gasteiger partial charge in [-0.1, -0.05) is 0 Å². The van der Waals surface area contributed by atoms with Crippen molar-refractivity contribution < 1.29 is 0 Å². The molecule has 5 nitrogen and oxygen atoms in total. The van der Waals surface area contributed by atoms with Crippen LogP contribution < -0.4 is 5.32 Å². The molecule has 0 saturated carbocycles. The molecule has 124 valence electrons. The largest absolute Gasteiger partial charge is 0.316 e. The molecule has 0 amide bonds. The second-order valence-corrected chi connectivity index (χ2v) is 7.29. The molecule has 4 rings (SSSR count). The molecule has 0 aliphatic carbocycles. The van der Waals surface area contributed by atoms with Gasteiger partial charge in [0.15, 0.2) is 5.65 Å². The molecule has 0 bridgehead atoms. The third-order valence-electron chi connectivity index (χ3n) is 5.50. The first-order chi connectivity index (χ1) is 11.3. The summed E-state index contributed by atoms with van der Waals surface area (Å²) in [5.74, 6) is 2.72. The lowest BCUT2D eigenvalue weighted by atomic mass is 9.97. The van der Waals surface area contributed by atoms with E-state index in [0.717, 1.165) is 49.1 Å². The molecule has 2 aliphatic heterocycles. The Hall–Kier alpha value is -1.46. The monoisotopic (exact) mass is 313 g/mol. The van der Waals surface area contributed by atoms with E-state index in [2.05, 4.69) is 32.9 Å². The Morgan fingerprint density at radius 1 is 1.22 bits per heavy atom. The zero-order chi connectivity index (χ0) is 15.6. The molecule has 4 heterocycles. The fourth-order valence-corrected chi connectivity index (χ4v) is 4.00. The predicted molar refractivity (Wildman–Crippen MR) is 92.4 cm³/mol. The van der Waals surface area contributed by atoms with E-state index in [4.69, 9.17) is 4.98 Å². The number of imidazole rings is 1. The molecule has 5 heteroatoms. The van der Waals surface area contributed by atoms with E-state index in [1.54, 1.807) is 0 Å². The van der Waals surface area contributed by atoms with Crippen molar-refractivity contribution in [2.24, 2.45) is 11.8 Å². The zero-order valence-electron chi connectivity index (χ0n) is 14.0. The van der Waals surface area contributed by atoms with Crippen LogP contribution in [0.4, 0.5) is 0 Å². The average molecular weight is 313 g/mol. The van der Waals surface area contributed by atoms with E-state index in [0.29, 0.717) is 0 Å². The number of hydrogen-bond donors (Lipinski definition) is 1. The molecule has 2 fully saturated rings. The summed E-state index contributed by atoms with van der Waals surface area (Å²) in [5.41, 5.74) is 2.13. The van der Waals surface area contributed by atoms with Crippen LogP contribution in [0.15, 0.2) is 18.3 Å². The molecule has 2 aromatic rings. The van der Waals surface area contributed by atoms with E-state index in [1.807, 2.05) is 12.3 Å². The molecular formula is C18H27N5. The Labute approximate surface area is 138 Å². The second-order valence-electron chi connectivity index (χ2n) is 7.29. The topological polar surface area (TPSA) is 46.0 Å². The molecule has 0 spiro atoms. The minimum Gasteiger partial charge on any atom is -0.316 e. The van der Waals surface area contributed by atoms with Gasteiger partial charge in [-0.3, -0.25) is 0 Å². The summed E-state index contributed by atoms with van der Waals surface area (Å²) in [5, 5.41) is 3.47. The van der Waals surface area contributed by atoms with Gasteiger partial charge in [-0.25, -0.2) is 9.97 Å². The minimum absolute atomic E-state index is 0.725. The van der Waals surface area contributed by atoms with E-state index in [9.17, 15) is 0 Å². The second kappa shape index (κ2) is 6.57. The van der Waals surface area contributed by atoms with Crippen molar-refractivity contribution in [1.82, 2.24) is 24.8 Å². The van der Waals surface area contributed by atoms with Crippen LogP contribution in [0.25, 0.3) is 11.2 Å². The number of nitrogens with one attached hydrogen (secondary N) is 1. The van der Waals surface area contributed by atoms with Crippen LogP contribution in [0.3, 0.4) is 0 Å². The molecule has 1 N–H and O–H groups in total. The average Bonchev–Trinajstić information content (AvgIpc) is 3.19. The molecule has 2 aliphatic rings. The standard InChI is InChI=1S/C18H27N5/c1-22-9-5-14(6-10-22)13-23-17(11-15-4-8-19-12-15)21-16-3-2-7-20-18(16)23/h2-3,7,14-15,19H,4-6,8-13H2,1H3. The van der Waals surface area contributed by atoms with Crippen molar-refractivity contribution in [2.45, 2.75) is 32.2 Å². The quantitative estimate of drug-likeness (QED) is 0.937. The van der Waals surface area contributed by atoms with Gasteiger partial charge in [0, 0.05) is 19.2 Å². The minimum atomic E-state index is 0.725. The maximum absolute atomic E-state index is 4.92. The highest BCUT2D eigenvalue weighted by Crippen LogP contribution is 2.24. The van der Waals surface area contributed by atoms with Crippen molar-refractivity contribution in [3.05, 3.63) is 24.2 Å². The van der Waals surface area contributed by atoms with Gasteiger partial charge >= 0.3 is 0 Å². The maximum Gasteiger partial charge on any atom is 0.159 e. The molecule has 1 atom stereocenters. The van der Waals surface area contributed by atoms with Gasteiger partial charge in [-0.2, -0.15) is 0 Å². The predicted octanol–water partition coefficient (Wildman–Crippen LogP) is 1.93. The van der Waals surface area contributed by atoms with Crippen LogP contribution in [-0.2, 0) is 13.0 Å². The summed E-state index contributed by atoms with van der Waals surface area (Å²) in [6.45, 7) is 5.79. The van der Waals surface area contributed by atoms with Gasteiger partial charge in [0.25, 0.3) is 0 Å². The Kier molecular flexibility index (Phi) is 4.31. The Morgan fingerprint density at radius 3 is 2.87 bits per heavy atom. The smallest absolute Gasteiger partial charge is 0.159 e. The summed E-state index contributed by atoms with van der Waals surface area (Å²) >= 11 is 0. The van der Waals surface area contributed by atoms with Gasteiger partial charge in [0.05, 0.1) is 0 Å². The molecule has 0 radical (unpaired) electrons. The molecule has 2 aromatic heterocycles. The highest BCUT2D eigenvalue weighted by atomic mass is 15.1. The van der Waals surface area contributed by atoms with E-state index >= 15 is 0 Å². The van der Waals surface area contributed by atoms with Crippen molar-refractivity contribution in [3.63, 3.8) is 0 Å². The number of likely N-dealkylation sites (tertiary alicyclic amines) is 1. The van der Waals surface area contributed by atoms with Crippen LogP contribution in [0.2, 0.25) is 0 Å². The lowest BCUT2D eigenvalue weighted by Gasteiger charge is -2.29. The number of pyridine rings is 1.